The van der Waals surface area contributed by atoms with Gasteiger partial charge in [0.1, 0.15) is 9.75 Å². The van der Waals surface area contributed by atoms with Crippen molar-refractivity contribution in [3.05, 3.63) is 42.8 Å². The number of hydrogen-bond donors (Lipinski definition) is 0. The highest BCUT2D eigenvalue weighted by molar-refractivity contribution is 7.98. The smallest absolute Gasteiger partial charge is 0.348 e. The van der Waals surface area contributed by atoms with E-state index in [4.69, 9.17) is 9.47 Å². The van der Waals surface area contributed by atoms with Gasteiger partial charge in [0.2, 0.25) is 0 Å². The fraction of sp³-hybridized carbons (Fsp3) is 0.545. The number of thioether (sulfide) groups is 1. The molecule has 0 bridgehead atoms. The van der Waals surface area contributed by atoms with Gasteiger partial charge in [0.05, 0.1) is 24.7 Å². The van der Waals surface area contributed by atoms with Crippen LogP contribution in [-0.4, -0.2) is 45.1 Å². The number of aryl methyl sites for hydroxylation is 2. The minimum atomic E-state index is -2.97. The van der Waals surface area contributed by atoms with Crippen molar-refractivity contribution in [2.75, 3.05) is 24.7 Å². The zero-order valence-electron chi connectivity index (χ0n) is 16.9. The molecule has 180 valence electrons. The van der Waals surface area contributed by atoms with E-state index in [2.05, 4.69) is 0 Å². The number of ether oxygens (including phenoxy) is 2. The predicted octanol–water partition coefficient (Wildman–Crippen LogP) is 5.38. The topological polar surface area (TPSA) is 86.7 Å². The van der Waals surface area contributed by atoms with Crippen LogP contribution < -0.4 is 0 Å². The van der Waals surface area contributed by atoms with Crippen LogP contribution in [0.25, 0.3) is 0 Å². The third kappa shape index (κ3) is 7.33. The van der Waals surface area contributed by atoms with Crippen molar-refractivity contribution in [1.29, 1.82) is 0 Å². The van der Waals surface area contributed by atoms with E-state index in [0.717, 1.165) is 27.5 Å². The molecule has 0 radical (unpaired) electrons. The monoisotopic (exact) mass is 520 g/mol. The molecule has 0 fully saturated rings. The number of fused-ring (bicyclic) bond motifs is 2. The average Bonchev–Trinajstić information content (AvgIpc) is 3.32. The van der Waals surface area contributed by atoms with Crippen LogP contribution in [0.1, 0.15) is 68.9 Å². The highest BCUT2D eigenvalue weighted by Crippen LogP contribution is 2.32. The standard InChI is InChI=1S/C10H12O4S2.C10H12O2S2.2CH4/c1-2-14-10(11)9-5-7-6-16(12,13)4-3-8(7)15-9;1-2-12-10(11)9-5-7-6-13-4-3-8(7)14-9;;/h5H,2-4,6H2,1H3;5H,2-4,6H2,1H3;2*1H4. The SMILES string of the molecule is C.C.CCOC(=O)c1cc2c(s1)CCS(=O)(=O)C2.CCOC(=O)c1cc2c(s1)CCSC2. The summed E-state index contributed by atoms with van der Waals surface area (Å²) >= 11 is 4.87. The Balaban J connectivity index is 0.000000303. The maximum Gasteiger partial charge on any atom is 0.348 e. The lowest BCUT2D eigenvalue weighted by Crippen LogP contribution is -2.16. The Morgan fingerprint density at radius 1 is 0.906 bits per heavy atom. The van der Waals surface area contributed by atoms with Crippen molar-refractivity contribution in [1.82, 2.24) is 0 Å². The van der Waals surface area contributed by atoms with Crippen LogP contribution in [-0.2, 0) is 43.7 Å². The largest absolute Gasteiger partial charge is 0.462 e. The molecule has 0 unspecified atom stereocenters. The van der Waals surface area contributed by atoms with E-state index >= 15 is 0 Å². The summed E-state index contributed by atoms with van der Waals surface area (Å²) in [6.07, 6.45) is 1.62. The van der Waals surface area contributed by atoms with Gasteiger partial charge in [-0.05, 0) is 55.7 Å². The molecule has 6 nitrogen and oxygen atoms in total. The molecule has 0 saturated carbocycles. The zero-order valence-corrected chi connectivity index (χ0v) is 20.2. The molecule has 10 heteroatoms. The zero-order chi connectivity index (χ0) is 21.7. The number of thiophene rings is 2. The van der Waals surface area contributed by atoms with Crippen molar-refractivity contribution in [2.24, 2.45) is 0 Å². The first kappa shape index (κ1) is 28.7. The first-order chi connectivity index (χ1) is 14.3. The van der Waals surface area contributed by atoms with E-state index < -0.39 is 9.84 Å². The van der Waals surface area contributed by atoms with Gasteiger partial charge in [-0.15, -0.1) is 22.7 Å². The molecule has 4 rings (SSSR count). The number of hydrogen-bond acceptors (Lipinski definition) is 9. The summed E-state index contributed by atoms with van der Waals surface area (Å²) in [5, 5.41) is 0. The maximum absolute atomic E-state index is 11.5. The summed E-state index contributed by atoms with van der Waals surface area (Å²) in [6, 6.07) is 3.64. The third-order valence-electron chi connectivity index (χ3n) is 4.49. The van der Waals surface area contributed by atoms with Crippen molar-refractivity contribution in [3.8, 4) is 0 Å². The summed E-state index contributed by atoms with van der Waals surface area (Å²) in [4.78, 5) is 26.5. The molecule has 2 aromatic rings. The molecule has 32 heavy (non-hydrogen) atoms. The highest BCUT2D eigenvalue weighted by atomic mass is 32.2. The second-order valence-electron chi connectivity index (χ2n) is 6.70. The van der Waals surface area contributed by atoms with Crippen LogP contribution in [0.15, 0.2) is 12.1 Å². The Hall–Kier alpha value is -1.36. The lowest BCUT2D eigenvalue weighted by atomic mass is 10.2. The third-order valence-corrected chi connectivity index (χ3v) is 9.51. The van der Waals surface area contributed by atoms with Gasteiger partial charge in [-0.2, -0.15) is 11.8 Å². The Morgan fingerprint density at radius 2 is 1.44 bits per heavy atom. The van der Waals surface area contributed by atoms with Crippen molar-refractivity contribution < 1.29 is 27.5 Å². The Morgan fingerprint density at radius 3 is 1.97 bits per heavy atom. The second kappa shape index (κ2) is 12.8. The van der Waals surface area contributed by atoms with Crippen LogP contribution in [0.2, 0.25) is 0 Å². The Labute approximate surface area is 203 Å². The van der Waals surface area contributed by atoms with Gasteiger partial charge in [-0.1, -0.05) is 14.9 Å². The molecule has 0 amide bonds. The molecule has 2 aromatic heterocycles. The molecular weight excluding hydrogens is 489 g/mol. The van der Waals surface area contributed by atoms with E-state index in [1.54, 1.807) is 24.3 Å². The van der Waals surface area contributed by atoms with Gasteiger partial charge in [0.25, 0.3) is 0 Å². The Kier molecular flexibility index (Phi) is 11.4. The van der Waals surface area contributed by atoms with Crippen LogP contribution >= 0.6 is 34.4 Å². The minimum absolute atomic E-state index is 0. The van der Waals surface area contributed by atoms with Crippen LogP contribution in [0, 0.1) is 0 Å². The molecule has 0 N–H and O–H groups in total. The first-order valence-electron chi connectivity index (χ1n) is 9.68. The molecule has 4 heterocycles. The summed E-state index contributed by atoms with van der Waals surface area (Å²) in [6.45, 7) is 4.37. The van der Waals surface area contributed by atoms with Crippen molar-refractivity contribution >= 4 is 56.2 Å². The minimum Gasteiger partial charge on any atom is -0.462 e. The number of carbonyl (C=O) groups excluding carboxylic acids is 2. The second-order valence-corrected chi connectivity index (χ2v) is 12.3. The maximum atomic E-state index is 11.5. The highest BCUT2D eigenvalue weighted by Gasteiger charge is 2.25. The van der Waals surface area contributed by atoms with E-state index in [0.29, 0.717) is 24.5 Å². The van der Waals surface area contributed by atoms with Crippen molar-refractivity contribution in [3.63, 3.8) is 0 Å². The lowest BCUT2D eigenvalue weighted by molar-refractivity contribution is 0.0522. The molecule has 0 aromatic carbocycles. The molecule has 0 atom stereocenters. The van der Waals surface area contributed by atoms with Gasteiger partial charge < -0.3 is 9.47 Å². The van der Waals surface area contributed by atoms with Crippen LogP contribution in [0.3, 0.4) is 0 Å². The molecule has 0 spiro atoms. The van der Waals surface area contributed by atoms with E-state index in [-0.39, 0.29) is 38.3 Å². The number of carbonyl (C=O) groups is 2. The fourth-order valence-electron chi connectivity index (χ4n) is 3.11. The quantitative estimate of drug-likeness (QED) is 0.500. The number of sulfone groups is 1. The van der Waals surface area contributed by atoms with E-state index in [9.17, 15) is 18.0 Å². The molecule has 2 aliphatic rings. The fourth-order valence-corrected chi connectivity index (χ4v) is 8.06. The predicted molar refractivity (Wildman–Crippen MR) is 135 cm³/mol. The van der Waals surface area contributed by atoms with Crippen LogP contribution in [0.5, 0.6) is 0 Å². The molecule has 0 saturated heterocycles. The summed E-state index contributed by atoms with van der Waals surface area (Å²) in [7, 11) is -2.97. The van der Waals surface area contributed by atoms with Crippen molar-refractivity contribution in [2.45, 2.75) is 53.0 Å². The van der Waals surface area contributed by atoms with Gasteiger partial charge in [0, 0.05) is 15.5 Å². The molecule has 2 aliphatic heterocycles. The normalized spacial score (nSPS) is 15.4. The van der Waals surface area contributed by atoms with E-state index in [1.165, 1.54) is 27.5 Å². The van der Waals surface area contributed by atoms with Gasteiger partial charge in [-0.3, -0.25) is 0 Å². The number of esters is 2. The Bertz CT molecular complexity index is 996. The first-order valence-corrected chi connectivity index (χ1v) is 14.3. The summed E-state index contributed by atoms with van der Waals surface area (Å²) in [5.41, 5.74) is 2.09. The van der Waals surface area contributed by atoms with Gasteiger partial charge >= 0.3 is 11.9 Å². The van der Waals surface area contributed by atoms with E-state index in [1.807, 2.05) is 24.8 Å². The molecule has 0 aliphatic carbocycles. The lowest BCUT2D eigenvalue weighted by Gasteiger charge is -2.10. The van der Waals surface area contributed by atoms with Gasteiger partial charge in [-0.25, -0.2) is 18.0 Å². The number of rotatable bonds is 4. The van der Waals surface area contributed by atoms with Crippen LogP contribution in [0.4, 0.5) is 0 Å². The van der Waals surface area contributed by atoms with Gasteiger partial charge in [0.15, 0.2) is 9.84 Å². The summed E-state index contributed by atoms with van der Waals surface area (Å²) < 4.78 is 32.7. The molecular formula is C22H32O6S4. The average molecular weight is 521 g/mol. The summed E-state index contributed by atoms with van der Waals surface area (Å²) in [5.74, 6) is 1.93.